The summed E-state index contributed by atoms with van der Waals surface area (Å²) in [4.78, 5) is 11.7. The van der Waals surface area contributed by atoms with E-state index in [0.717, 1.165) is 18.7 Å². The lowest BCUT2D eigenvalue weighted by molar-refractivity contribution is -0.119. The van der Waals surface area contributed by atoms with Crippen molar-refractivity contribution < 1.29 is 4.79 Å². The number of hydrogen-bond donors (Lipinski definition) is 2. The zero-order chi connectivity index (χ0) is 13.9. The van der Waals surface area contributed by atoms with Gasteiger partial charge >= 0.3 is 0 Å². The van der Waals surface area contributed by atoms with Gasteiger partial charge in [-0.15, -0.1) is 0 Å². The molecule has 19 heavy (non-hydrogen) atoms. The lowest BCUT2D eigenvalue weighted by atomic mass is 9.99. The second kappa shape index (κ2) is 9.42. The van der Waals surface area contributed by atoms with Gasteiger partial charge in [-0.05, 0) is 24.5 Å². The highest BCUT2D eigenvalue weighted by molar-refractivity contribution is 5.80. The normalized spacial score (nSPS) is 11.9. The van der Waals surface area contributed by atoms with E-state index in [4.69, 9.17) is 0 Å². The standard InChI is InChI=1S/C16H26N2O/c1-3-5-9-14(4-2)12-18-16(19)13-17-15-10-7-6-8-11-15/h6-8,10-11,14,17H,3-5,9,12-13H2,1-2H3,(H,18,19). The molecule has 0 saturated carbocycles. The van der Waals surface area contributed by atoms with Crippen LogP contribution in [0.15, 0.2) is 30.3 Å². The second-order valence-electron chi connectivity index (χ2n) is 4.94. The van der Waals surface area contributed by atoms with Crippen molar-refractivity contribution in [2.24, 2.45) is 5.92 Å². The Morgan fingerprint density at radius 3 is 2.58 bits per heavy atom. The van der Waals surface area contributed by atoms with Gasteiger partial charge in [0, 0.05) is 12.2 Å². The topological polar surface area (TPSA) is 41.1 Å². The van der Waals surface area contributed by atoms with Crippen LogP contribution in [0.4, 0.5) is 5.69 Å². The summed E-state index contributed by atoms with van der Waals surface area (Å²) in [6.45, 7) is 5.53. The molecule has 2 N–H and O–H groups in total. The first-order chi connectivity index (χ1) is 9.26. The lowest BCUT2D eigenvalue weighted by Crippen LogP contribution is -2.33. The molecular weight excluding hydrogens is 236 g/mol. The van der Waals surface area contributed by atoms with Gasteiger partial charge < -0.3 is 10.6 Å². The largest absolute Gasteiger partial charge is 0.376 e. The minimum absolute atomic E-state index is 0.0683. The fourth-order valence-corrected chi connectivity index (χ4v) is 2.00. The summed E-state index contributed by atoms with van der Waals surface area (Å²) in [6, 6.07) is 9.80. The van der Waals surface area contributed by atoms with Crippen LogP contribution in [0.3, 0.4) is 0 Å². The molecule has 1 amide bonds. The molecule has 3 heteroatoms. The molecule has 106 valence electrons. The van der Waals surface area contributed by atoms with E-state index in [9.17, 15) is 4.79 Å². The quantitative estimate of drug-likeness (QED) is 0.716. The van der Waals surface area contributed by atoms with Crippen LogP contribution in [0.5, 0.6) is 0 Å². The summed E-state index contributed by atoms with van der Waals surface area (Å²) in [5, 5.41) is 6.13. The summed E-state index contributed by atoms with van der Waals surface area (Å²) >= 11 is 0. The average Bonchev–Trinajstić information content (AvgIpc) is 2.46. The Morgan fingerprint density at radius 1 is 1.21 bits per heavy atom. The molecule has 0 radical (unpaired) electrons. The van der Waals surface area contributed by atoms with E-state index in [0.29, 0.717) is 12.5 Å². The van der Waals surface area contributed by atoms with E-state index in [1.54, 1.807) is 0 Å². The van der Waals surface area contributed by atoms with Gasteiger partial charge in [-0.25, -0.2) is 0 Å². The number of amides is 1. The Balaban J connectivity index is 2.20. The first-order valence-electron chi connectivity index (χ1n) is 7.31. The van der Waals surface area contributed by atoms with Gasteiger partial charge in [0.25, 0.3) is 0 Å². The molecule has 0 aliphatic carbocycles. The van der Waals surface area contributed by atoms with Gasteiger partial charge in [0.1, 0.15) is 0 Å². The molecule has 1 aromatic carbocycles. The minimum Gasteiger partial charge on any atom is -0.376 e. The van der Waals surface area contributed by atoms with Crippen molar-refractivity contribution in [3.8, 4) is 0 Å². The second-order valence-corrected chi connectivity index (χ2v) is 4.94. The van der Waals surface area contributed by atoms with Crippen LogP contribution < -0.4 is 10.6 Å². The first-order valence-corrected chi connectivity index (χ1v) is 7.31. The van der Waals surface area contributed by atoms with Crippen molar-refractivity contribution in [3.63, 3.8) is 0 Å². The number of benzene rings is 1. The van der Waals surface area contributed by atoms with Gasteiger partial charge in [0.05, 0.1) is 6.54 Å². The molecule has 1 rings (SSSR count). The fourth-order valence-electron chi connectivity index (χ4n) is 2.00. The number of unbranched alkanes of at least 4 members (excludes halogenated alkanes) is 1. The van der Waals surface area contributed by atoms with Crippen molar-refractivity contribution in [2.45, 2.75) is 39.5 Å². The van der Waals surface area contributed by atoms with E-state index >= 15 is 0 Å². The van der Waals surface area contributed by atoms with Crippen molar-refractivity contribution in [2.75, 3.05) is 18.4 Å². The zero-order valence-electron chi connectivity index (χ0n) is 12.1. The summed E-state index contributed by atoms with van der Waals surface area (Å²) < 4.78 is 0. The number of nitrogens with one attached hydrogen (secondary N) is 2. The third-order valence-electron chi connectivity index (χ3n) is 3.36. The molecule has 0 aliphatic rings. The third kappa shape index (κ3) is 6.85. The monoisotopic (exact) mass is 262 g/mol. The molecule has 1 unspecified atom stereocenters. The van der Waals surface area contributed by atoms with Gasteiger partial charge in [0.2, 0.25) is 5.91 Å². The molecule has 0 aliphatic heterocycles. The van der Waals surface area contributed by atoms with E-state index < -0.39 is 0 Å². The Kier molecular flexibility index (Phi) is 7.71. The van der Waals surface area contributed by atoms with Gasteiger partial charge in [-0.2, -0.15) is 0 Å². The Labute approximate surface area is 116 Å². The van der Waals surface area contributed by atoms with Crippen LogP contribution in [0, 0.1) is 5.92 Å². The molecule has 0 spiro atoms. The highest BCUT2D eigenvalue weighted by Gasteiger charge is 2.07. The molecular formula is C16H26N2O. The molecule has 0 aromatic heterocycles. The smallest absolute Gasteiger partial charge is 0.239 e. The van der Waals surface area contributed by atoms with Crippen molar-refractivity contribution in [1.29, 1.82) is 0 Å². The minimum atomic E-state index is 0.0683. The summed E-state index contributed by atoms with van der Waals surface area (Å²) in [6.07, 6.45) is 4.81. The predicted octanol–water partition coefficient (Wildman–Crippen LogP) is 3.43. The molecule has 0 bridgehead atoms. The van der Waals surface area contributed by atoms with E-state index in [1.165, 1.54) is 19.3 Å². The maximum Gasteiger partial charge on any atom is 0.239 e. The molecule has 0 saturated heterocycles. The SMILES string of the molecule is CCCCC(CC)CNC(=O)CNc1ccccc1. The van der Waals surface area contributed by atoms with Crippen LogP contribution >= 0.6 is 0 Å². The predicted molar refractivity (Wildman–Crippen MR) is 81.2 cm³/mol. The Bertz CT molecular complexity index is 351. The maximum absolute atomic E-state index is 11.7. The first kappa shape index (κ1) is 15.5. The number of carbonyl (C=O) groups excluding carboxylic acids is 1. The molecule has 1 atom stereocenters. The van der Waals surface area contributed by atoms with Crippen LogP contribution in [-0.2, 0) is 4.79 Å². The van der Waals surface area contributed by atoms with Crippen LogP contribution in [0.25, 0.3) is 0 Å². The van der Waals surface area contributed by atoms with Crippen LogP contribution in [0.1, 0.15) is 39.5 Å². The molecule has 3 nitrogen and oxygen atoms in total. The van der Waals surface area contributed by atoms with E-state index in [2.05, 4.69) is 24.5 Å². The van der Waals surface area contributed by atoms with Gasteiger partial charge in [-0.3, -0.25) is 4.79 Å². The summed E-state index contributed by atoms with van der Waals surface area (Å²) in [5.74, 6) is 0.680. The number of para-hydroxylation sites is 1. The van der Waals surface area contributed by atoms with E-state index in [1.807, 2.05) is 30.3 Å². The number of anilines is 1. The zero-order valence-corrected chi connectivity index (χ0v) is 12.1. The van der Waals surface area contributed by atoms with Crippen molar-refractivity contribution in [3.05, 3.63) is 30.3 Å². The summed E-state index contributed by atoms with van der Waals surface area (Å²) in [5.41, 5.74) is 0.982. The highest BCUT2D eigenvalue weighted by atomic mass is 16.1. The molecule has 1 aromatic rings. The highest BCUT2D eigenvalue weighted by Crippen LogP contribution is 2.11. The Hall–Kier alpha value is -1.51. The summed E-state index contributed by atoms with van der Waals surface area (Å²) in [7, 11) is 0. The number of hydrogen-bond acceptors (Lipinski definition) is 2. The average molecular weight is 262 g/mol. The third-order valence-corrected chi connectivity index (χ3v) is 3.36. The van der Waals surface area contributed by atoms with Crippen LogP contribution in [-0.4, -0.2) is 19.0 Å². The lowest BCUT2D eigenvalue weighted by Gasteiger charge is -2.15. The molecule has 0 fully saturated rings. The van der Waals surface area contributed by atoms with Gasteiger partial charge in [0.15, 0.2) is 0 Å². The van der Waals surface area contributed by atoms with Crippen molar-refractivity contribution >= 4 is 11.6 Å². The van der Waals surface area contributed by atoms with E-state index in [-0.39, 0.29) is 5.91 Å². The molecule has 0 heterocycles. The van der Waals surface area contributed by atoms with Gasteiger partial charge in [-0.1, -0.05) is 51.3 Å². The maximum atomic E-state index is 11.7. The Morgan fingerprint density at radius 2 is 1.95 bits per heavy atom. The number of carbonyl (C=O) groups is 1. The van der Waals surface area contributed by atoms with Crippen molar-refractivity contribution in [1.82, 2.24) is 5.32 Å². The fraction of sp³-hybridized carbons (Fsp3) is 0.562. The van der Waals surface area contributed by atoms with Crippen LogP contribution in [0.2, 0.25) is 0 Å². The number of rotatable bonds is 9.